The molecule has 0 aliphatic heterocycles. The van der Waals surface area contributed by atoms with Gasteiger partial charge < -0.3 is 5.11 Å². The number of benzene rings is 1. The molecule has 0 bridgehead atoms. The van der Waals surface area contributed by atoms with E-state index in [0.717, 1.165) is 53.9 Å². The van der Waals surface area contributed by atoms with Crippen molar-refractivity contribution in [1.29, 1.82) is 0 Å². The van der Waals surface area contributed by atoms with Gasteiger partial charge in [0, 0.05) is 0 Å². The zero-order chi connectivity index (χ0) is 25.7. The maximum Gasteiger partial charge on any atom is 0.126 e. The van der Waals surface area contributed by atoms with Crippen molar-refractivity contribution in [3.05, 3.63) is 35.6 Å². The summed E-state index contributed by atoms with van der Waals surface area (Å²) in [5, 5.41) is 11.1. The number of hydrogen-bond acceptors (Lipinski definition) is 1. The summed E-state index contributed by atoms with van der Waals surface area (Å²) in [6.07, 6.45) is 14.9. The van der Waals surface area contributed by atoms with Gasteiger partial charge in [0.1, 0.15) is 5.82 Å². The molecule has 202 valence electrons. The maximum absolute atomic E-state index is 14.6. The molecule has 0 unspecified atom stereocenters. The fourth-order valence-electron chi connectivity index (χ4n) is 10.7. The minimum atomic E-state index is -0.282. The molecule has 2 heteroatoms. The third-order valence-corrected chi connectivity index (χ3v) is 12.5. The van der Waals surface area contributed by atoms with E-state index < -0.39 is 0 Å². The molecule has 1 aromatic carbocycles. The molecular weight excluding hydrogens is 443 g/mol. The Labute approximate surface area is 221 Å². The van der Waals surface area contributed by atoms with Crippen LogP contribution in [0, 0.1) is 64.0 Å². The standard InChI is InChI=1S/C34H53FO/c1-22(2)9-8-10-23(3)27-15-16-28-25-13-14-29-26(21-24-11-6-7-12-31(24)35)32(36)18-20-34(29,5)30(25)17-19-33(27,28)4/h6-7,11-12,22-23,25-30,32,36H,8-10,13-21H2,1-5H3/t23-,25+,26+,27-,28+,29+,30+,32+,33-,34+/m1/s1. The van der Waals surface area contributed by atoms with E-state index in [1.807, 2.05) is 12.1 Å². The second-order valence-corrected chi connectivity index (χ2v) is 14.7. The van der Waals surface area contributed by atoms with Gasteiger partial charge in [-0.15, -0.1) is 0 Å². The van der Waals surface area contributed by atoms with Crippen molar-refractivity contribution in [3.63, 3.8) is 0 Å². The normalized spacial score (nSPS) is 43.1. The van der Waals surface area contributed by atoms with E-state index in [2.05, 4.69) is 34.6 Å². The molecule has 36 heavy (non-hydrogen) atoms. The van der Waals surface area contributed by atoms with Crippen molar-refractivity contribution >= 4 is 0 Å². The Kier molecular flexibility index (Phi) is 7.68. The molecule has 4 saturated carbocycles. The van der Waals surface area contributed by atoms with Crippen molar-refractivity contribution in [3.8, 4) is 0 Å². The van der Waals surface area contributed by atoms with Crippen LogP contribution in [-0.4, -0.2) is 11.2 Å². The van der Waals surface area contributed by atoms with Crippen LogP contribution in [-0.2, 0) is 6.42 Å². The van der Waals surface area contributed by atoms with Gasteiger partial charge in [0.2, 0.25) is 0 Å². The van der Waals surface area contributed by atoms with Gasteiger partial charge in [0.15, 0.2) is 0 Å². The third kappa shape index (κ3) is 4.60. The summed E-state index contributed by atoms with van der Waals surface area (Å²) in [6.45, 7) is 12.6. The van der Waals surface area contributed by atoms with Crippen molar-refractivity contribution in [1.82, 2.24) is 0 Å². The Morgan fingerprint density at radius 2 is 1.56 bits per heavy atom. The maximum atomic E-state index is 14.6. The summed E-state index contributed by atoms with van der Waals surface area (Å²) < 4.78 is 14.6. The topological polar surface area (TPSA) is 20.2 Å². The largest absolute Gasteiger partial charge is 0.393 e. The smallest absolute Gasteiger partial charge is 0.126 e. The Balaban J connectivity index is 1.32. The average molecular weight is 497 g/mol. The average Bonchev–Trinajstić information content (AvgIpc) is 3.19. The van der Waals surface area contributed by atoms with Crippen LogP contribution < -0.4 is 0 Å². The molecule has 1 N–H and O–H groups in total. The minimum Gasteiger partial charge on any atom is -0.393 e. The lowest BCUT2D eigenvalue weighted by molar-refractivity contribution is -0.152. The Hall–Kier alpha value is -0.890. The zero-order valence-electron chi connectivity index (χ0n) is 23.8. The van der Waals surface area contributed by atoms with Crippen molar-refractivity contribution in [2.45, 2.75) is 118 Å². The number of aliphatic hydroxyl groups excluding tert-OH is 1. The van der Waals surface area contributed by atoms with Gasteiger partial charge in [-0.1, -0.05) is 72.1 Å². The first-order valence-corrected chi connectivity index (χ1v) is 15.6. The van der Waals surface area contributed by atoms with Gasteiger partial charge in [-0.2, -0.15) is 0 Å². The number of hydrogen-bond donors (Lipinski definition) is 1. The highest BCUT2D eigenvalue weighted by Gasteiger charge is 2.61. The van der Waals surface area contributed by atoms with E-state index in [1.54, 1.807) is 12.1 Å². The Morgan fingerprint density at radius 1 is 0.861 bits per heavy atom. The zero-order valence-corrected chi connectivity index (χ0v) is 23.8. The lowest BCUT2D eigenvalue weighted by atomic mass is 9.42. The van der Waals surface area contributed by atoms with Crippen LogP contribution in [0.5, 0.6) is 0 Å². The first kappa shape index (κ1) is 26.7. The third-order valence-electron chi connectivity index (χ3n) is 12.5. The van der Waals surface area contributed by atoms with Gasteiger partial charge in [0.25, 0.3) is 0 Å². The fourth-order valence-corrected chi connectivity index (χ4v) is 10.7. The van der Waals surface area contributed by atoms with Gasteiger partial charge in [0.05, 0.1) is 6.10 Å². The van der Waals surface area contributed by atoms with Crippen LogP contribution >= 0.6 is 0 Å². The Bertz CT molecular complexity index is 895. The molecule has 1 nitrogen and oxygen atoms in total. The summed E-state index contributed by atoms with van der Waals surface area (Å²) in [7, 11) is 0. The van der Waals surface area contributed by atoms with Crippen molar-refractivity contribution in [2.75, 3.05) is 0 Å². The molecule has 1 aromatic rings. The summed E-state index contributed by atoms with van der Waals surface area (Å²) in [6, 6.07) is 7.26. The predicted molar refractivity (Wildman–Crippen MR) is 148 cm³/mol. The molecule has 0 saturated heterocycles. The summed E-state index contributed by atoms with van der Waals surface area (Å²) in [5.74, 6) is 5.77. The van der Waals surface area contributed by atoms with E-state index in [1.165, 1.54) is 57.8 Å². The second-order valence-electron chi connectivity index (χ2n) is 14.7. The van der Waals surface area contributed by atoms with Crippen molar-refractivity contribution in [2.24, 2.45) is 58.2 Å². The first-order chi connectivity index (χ1) is 17.1. The number of halogens is 1. The molecule has 5 rings (SSSR count). The summed E-state index contributed by atoms with van der Waals surface area (Å²) in [5.41, 5.74) is 1.64. The van der Waals surface area contributed by atoms with Crippen molar-refractivity contribution < 1.29 is 9.50 Å². The predicted octanol–water partition coefficient (Wildman–Crippen LogP) is 9.08. The van der Waals surface area contributed by atoms with E-state index in [9.17, 15) is 9.50 Å². The molecule has 4 aliphatic carbocycles. The monoisotopic (exact) mass is 496 g/mol. The van der Waals surface area contributed by atoms with Gasteiger partial charge in [-0.3, -0.25) is 0 Å². The van der Waals surface area contributed by atoms with E-state index >= 15 is 0 Å². The summed E-state index contributed by atoms with van der Waals surface area (Å²) in [4.78, 5) is 0. The van der Waals surface area contributed by atoms with Gasteiger partial charge >= 0.3 is 0 Å². The molecule has 0 heterocycles. The highest BCUT2D eigenvalue weighted by molar-refractivity contribution is 5.20. The number of aliphatic hydroxyl groups is 1. The molecule has 0 spiro atoms. The molecular formula is C34H53FO. The van der Waals surface area contributed by atoms with E-state index in [4.69, 9.17) is 0 Å². The first-order valence-electron chi connectivity index (χ1n) is 15.6. The number of fused-ring (bicyclic) bond motifs is 5. The number of rotatable bonds is 7. The Morgan fingerprint density at radius 3 is 2.31 bits per heavy atom. The molecule has 0 aromatic heterocycles. The highest BCUT2D eigenvalue weighted by Crippen LogP contribution is 2.69. The SMILES string of the molecule is CC(C)CCC[C@@H](C)[C@H]1CC[C@H]2[C@@H]3CC[C@H]4[C@H](Cc5ccccc5F)[C@@H](O)CC[C@]4(C)[C@H]3CC[C@]12C. The van der Waals surface area contributed by atoms with Crippen LogP contribution in [0.3, 0.4) is 0 Å². The minimum absolute atomic E-state index is 0.0985. The molecule has 0 amide bonds. The second kappa shape index (κ2) is 10.3. The van der Waals surface area contributed by atoms with Crippen LogP contribution in [0.4, 0.5) is 4.39 Å². The lowest BCUT2D eigenvalue weighted by Crippen LogP contribution is -2.57. The van der Waals surface area contributed by atoms with Crippen LogP contribution in [0.25, 0.3) is 0 Å². The van der Waals surface area contributed by atoms with Crippen LogP contribution in [0.15, 0.2) is 24.3 Å². The van der Waals surface area contributed by atoms with E-state index in [0.29, 0.717) is 23.2 Å². The van der Waals surface area contributed by atoms with Crippen LogP contribution in [0.1, 0.15) is 111 Å². The lowest BCUT2D eigenvalue weighted by Gasteiger charge is -2.63. The molecule has 4 fully saturated rings. The van der Waals surface area contributed by atoms with Crippen LogP contribution in [0.2, 0.25) is 0 Å². The quantitative estimate of drug-likeness (QED) is 0.399. The van der Waals surface area contributed by atoms with Gasteiger partial charge in [-0.05, 0) is 128 Å². The molecule has 10 atom stereocenters. The molecule has 4 aliphatic rings. The fraction of sp³-hybridized carbons (Fsp3) is 0.824. The van der Waals surface area contributed by atoms with E-state index in [-0.39, 0.29) is 17.8 Å². The highest BCUT2D eigenvalue weighted by atomic mass is 19.1. The summed E-state index contributed by atoms with van der Waals surface area (Å²) >= 11 is 0. The van der Waals surface area contributed by atoms with Gasteiger partial charge in [-0.25, -0.2) is 4.39 Å². The molecule has 0 radical (unpaired) electrons.